The molecular formula is C25H23ClFN3O7PS2+. The number of thiophene rings is 1. The van der Waals surface area contributed by atoms with Crippen molar-refractivity contribution in [1.82, 2.24) is 4.72 Å². The zero-order valence-corrected chi connectivity index (χ0v) is 24.0. The van der Waals surface area contributed by atoms with Gasteiger partial charge in [0.15, 0.2) is 30.4 Å². The molecule has 2 N–H and O–H groups in total. The molecule has 4 aromatic rings. The van der Waals surface area contributed by atoms with Gasteiger partial charge in [0.05, 0.1) is 11.4 Å². The van der Waals surface area contributed by atoms with Crippen molar-refractivity contribution in [3.05, 3.63) is 78.4 Å². The molecule has 0 aliphatic rings. The minimum absolute atomic E-state index is 0.118. The largest absolute Gasteiger partial charge is 0.488 e. The maximum atomic E-state index is 13.8. The summed E-state index contributed by atoms with van der Waals surface area (Å²) < 4.78 is 73.2. The van der Waals surface area contributed by atoms with Gasteiger partial charge in [-0.3, -0.25) is 0 Å². The van der Waals surface area contributed by atoms with E-state index < -0.39 is 29.7 Å². The normalized spacial score (nSPS) is 12.9. The molecule has 0 aliphatic heterocycles. The lowest BCUT2D eigenvalue weighted by atomic mass is 10.2. The fraction of sp³-hybridized carbons (Fsp3) is 0.200. The fourth-order valence-corrected chi connectivity index (χ4v) is 7.48. The molecule has 0 bridgehead atoms. The van der Waals surface area contributed by atoms with E-state index in [9.17, 15) is 22.3 Å². The van der Waals surface area contributed by atoms with Gasteiger partial charge >= 0.3 is 7.60 Å². The van der Waals surface area contributed by atoms with E-state index in [0.717, 1.165) is 29.5 Å². The van der Waals surface area contributed by atoms with Gasteiger partial charge in [0, 0.05) is 29.0 Å². The Kier molecular flexibility index (Phi) is 9.63. The second-order valence-corrected chi connectivity index (χ2v) is 13.4. The van der Waals surface area contributed by atoms with Crippen molar-refractivity contribution in [2.24, 2.45) is 0 Å². The molecule has 0 amide bonds. The molecule has 210 valence electrons. The third-order valence-electron chi connectivity index (χ3n) is 5.31. The number of nitrogens with zero attached hydrogens (tertiary/aromatic N) is 2. The molecule has 40 heavy (non-hydrogen) atoms. The quantitative estimate of drug-likeness (QED) is 0.127. The predicted molar refractivity (Wildman–Crippen MR) is 147 cm³/mol. The minimum atomic E-state index is -4.57. The first-order valence-electron chi connectivity index (χ1n) is 11.6. The molecule has 1 atom stereocenters. The van der Waals surface area contributed by atoms with Crippen LogP contribution in [0.4, 0.5) is 4.39 Å². The highest BCUT2D eigenvalue weighted by Crippen LogP contribution is 2.43. The van der Waals surface area contributed by atoms with Crippen molar-refractivity contribution >= 4 is 50.6 Å². The molecule has 0 saturated heterocycles. The Morgan fingerprint density at radius 3 is 2.52 bits per heavy atom. The zero-order chi connectivity index (χ0) is 28.8. The van der Waals surface area contributed by atoms with Crippen molar-refractivity contribution in [3.63, 3.8) is 0 Å². The molecule has 0 saturated carbocycles. The van der Waals surface area contributed by atoms with Gasteiger partial charge in [-0.25, -0.2) is 21.9 Å². The predicted octanol–water partition coefficient (Wildman–Crippen LogP) is 4.40. The van der Waals surface area contributed by atoms with Crippen LogP contribution >= 0.6 is 30.5 Å². The lowest BCUT2D eigenvalue weighted by molar-refractivity contribution is -0.697. The molecule has 2 heterocycles. The Morgan fingerprint density at radius 1 is 1.10 bits per heavy atom. The Labute approximate surface area is 238 Å². The van der Waals surface area contributed by atoms with Gasteiger partial charge in [-0.2, -0.15) is 9.98 Å². The molecule has 2 aromatic carbocycles. The number of pyridine rings is 1. The standard InChI is InChI=1S/C25H22ClFN3O7PS2/c26-6-10-35-22-12-19-13-25(39-24(19)15-23(22)36-11-9-30-7-2-1-3-8-30)40(33,34)29-17-38(31,32)37-20-5-4-18(16-28)21(27)14-20/h1-5,7-8,12-15,29H,6,9-11,17H2/p+1. The van der Waals surface area contributed by atoms with Crippen molar-refractivity contribution in [2.75, 3.05) is 25.4 Å². The number of fused-ring (bicyclic) bond motifs is 1. The number of nitriles is 1. The minimum Gasteiger partial charge on any atom is -0.488 e. The van der Waals surface area contributed by atoms with E-state index in [-0.39, 0.29) is 28.0 Å². The molecule has 15 heteroatoms. The summed E-state index contributed by atoms with van der Waals surface area (Å²) in [6.45, 7) is 1.10. The van der Waals surface area contributed by atoms with Crippen LogP contribution in [-0.4, -0.2) is 38.7 Å². The first-order chi connectivity index (χ1) is 19.1. The van der Waals surface area contributed by atoms with Crippen LogP contribution in [0, 0.1) is 17.1 Å². The highest BCUT2D eigenvalue weighted by atomic mass is 35.5. The van der Waals surface area contributed by atoms with Crippen LogP contribution in [0.3, 0.4) is 0 Å². The number of alkyl halides is 1. The Morgan fingerprint density at radius 2 is 1.82 bits per heavy atom. The Bertz CT molecular complexity index is 1700. The average Bonchev–Trinajstić information content (AvgIpc) is 3.35. The number of hydrogen-bond donors (Lipinski definition) is 2. The van der Waals surface area contributed by atoms with Crippen molar-refractivity contribution in [2.45, 2.75) is 10.8 Å². The summed E-state index contributed by atoms with van der Waals surface area (Å²) in [4.78, 5) is 10.1. The van der Waals surface area contributed by atoms with Gasteiger partial charge in [0.25, 0.3) is 10.0 Å². The van der Waals surface area contributed by atoms with Crippen LogP contribution in [0.2, 0.25) is 0 Å². The number of nitrogens with one attached hydrogen (secondary N) is 1. The lowest BCUT2D eigenvalue weighted by Crippen LogP contribution is -2.35. The van der Waals surface area contributed by atoms with E-state index >= 15 is 0 Å². The van der Waals surface area contributed by atoms with Crippen LogP contribution in [0.5, 0.6) is 17.2 Å². The molecule has 0 fully saturated rings. The van der Waals surface area contributed by atoms with E-state index in [1.54, 1.807) is 18.2 Å². The van der Waals surface area contributed by atoms with E-state index in [1.807, 2.05) is 35.2 Å². The first-order valence-corrected chi connectivity index (χ1v) is 16.2. The van der Waals surface area contributed by atoms with Gasteiger partial charge < -0.3 is 18.9 Å². The molecule has 2 aromatic heterocycles. The van der Waals surface area contributed by atoms with Crippen LogP contribution in [0.25, 0.3) is 10.1 Å². The molecular weight excluding hydrogens is 604 g/mol. The summed E-state index contributed by atoms with van der Waals surface area (Å²) in [6.07, 6.45) is 2.83. The van der Waals surface area contributed by atoms with Crippen molar-refractivity contribution < 1.29 is 40.8 Å². The van der Waals surface area contributed by atoms with Crippen LogP contribution in [0.15, 0.2) is 71.2 Å². The molecule has 10 nitrogen and oxygen atoms in total. The summed E-state index contributed by atoms with van der Waals surface area (Å²) in [5.41, 5.74) is -0.273. The number of rotatable bonds is 13. The molecule has 1 unspecified atom stereocenters. The van der Waals surface area contributed by atoms with Crippen LogP contribution in [-0.2, 0) is 21.1 Å². The number of halogens is 2. The fourth-order valence-electron chi connectivity index (χ4n) is 3.45. The molecule has 4 rings (SSSR count). The van der Waals surface area contributed by atoms with E-state index in [2.05, 4.69) is 4.72 Å². The second-order valence-electron chi connectivity index (χ2n) is 8.19. The van der Waals surface area contributed by atoms with Gasteiger partial charge in [-0.05, 0) is 29.7 Å². The Balaban J connectivity index is 1.49. The average molecular weight is 627 g/mol. The molecule has 0 radical (unpaired) electrons. The number of sulfonamides is 1. The van der Waals surface area contributed by atoms with Gasteiger partial charge in [-0.15, -0.1) is 22.9 Å². The van der Waals surface area contributed by atoms with Gasteiger partial charge in [0.1, 0.15) is 41.3 Å². The maximum absolute atomic E-state index is 13.8. The SMILES string of the molecule is N#Cc1ccc(OP(=O)(O)CNS(=O)(=O)c2cc3cc(OCCCl)c(OCC[n+]4ccccc4)cc3s2)cc1F. The van der Waals surface area contributed by atoms with Crippen molar-refractivity contribution in [3.8, 4) is 23.3 Å². The third kappa shape index (κ3) is 7.69. The zero-order valence-electron chi connectivity index (χ0n) is 20.7. The summed E-state index contributed by atoms with van der Waals surface area (Å²) in [5.74, 6) is -0.226. The number of aromatic nitrogens is 1. The number of ether oxygens (including phenoxy) is 2. The van der Waals surface area contributed by atoms with E-state index in [0.29, 0.717) is 34.7 Å². The molecule has 0 spiro atoms. The van der Waals surface area contributed by atoms with E-state index in [4.69, 9.17) is 30.9 Å². The van der Waals surface area contributed by atoms with Gasteiger partial charge in [0.2, 0.25) is 0 Å². The summed E-state index contributed by atoms with van der Waals surface area (Å²) in [7, 11) is -8.79. The maximum Gasteiger partial charge on any atom is 0.391 e. The topological polar surface area (TPSA) is 139 Å². The van der Waals surface area contributed by atoms with Crippen LogP contribution < -0.4 is 23.3 Å². The van der Waals surface area contributed by atoms with Crippen LogP contribution in [0.1, 0.15) is 5.56 Å². The highest BCUT2D eigenvalue weighted by Gasteiger charge is 2.27. The first kappa shape index (κ1) is 29.7. The smallest absolute Gasteiger partial charge is 0.391 e. The van der Waals surface area contributed by atoms with Crippen molar-refractivity contribution in [1.29, 1.82) is 5.26 Å². The molecule has 0 aliphatic carbocycles. The summed E-state index contributed by atoms with van der Waals surface area (Å²) in [5, 5.41) is 9.35. The third-order valence-corrected chi connectivity index (χ3v) is 9.70. The highest BCUT2D eigenvalue weighted by molar-refractivity contribution is 7.92. The summed E-state index contributed by atoms with van der Waals surface area (Å²) >= 11 is 6.71. The van der Waals surface area contributed by atoms with Gasteiger partial charge in [-0.1, -0.05) is 6.07 Å². The monoisotopic (exact) mass is 626 g/mol. The number of hydrogen-bond acceptors (Lipinski definition) is 8. The Hall–Kier alpha value is -3.24. The van der Waals surface area contributed by atoms with E-state index in [1.165, 1.54) is 6.07 Å². The lowest BCUT2D eigenvalue weighted by Gasteiger charge is -2.14. The summed E-state index contributed by atoms with van der Waals surface area (Å²) in [6, 6.07) is 15.0. The second kappa shape index (κ2) is 13.0. The number of benzene rings is 2.